The van der Waals surface area contributed by atoms with E-state index in [1.807, 2.05) is 27.8 Å². The quantitative estimate of drug-likeness (QED) is 0.594. The summed E-state index contributed by atoms with van der Waals surface area (Å²) in [4.78, 5) is 15.4. The average Bonchev–Trinajstić information content (AvgIpc) is 2.48. The van der Waals surface area contributed by atoms with Crippen LogP contribution in [0.5, 0.6) is 0 Å². The third-order valence-corrected chi connectivity index (χ3v) is 2.66. The van der Waals surface area contributed by atoms with Gasteiger partial charge in [-0.05, 0) is 20.8 Å². The molecular weight excluding hydrogens is 226 g/mol. The van der Waals surface area contributed by atoms with Crippen LogP contribution in [0.1, 0.15) is 27.2 Å². The van der Waals surface area contributed by atoms with E-state index in [1.165, 1.54) is 18.1 Å². The minimum atomic E-state index is -0.410. The molecule has 0 spiro atoms. The third kappa shape index (κ3) is 4.65. The molecule has 1 heterocycles. The number of hydrogen-bond acceptors (Lipinski definition) is 5. The van der Waals surface area contributed by atoms with Gasteiger partial charge < -0.3 is 4.74 Å². The molecule has 1 aromatic rings. The second-order valence-electron chi connectivity index (χ2n) is 4.35. The van der Waals surface area contributed by atoms with E-state index in [1.54, 1.807) is 4.68 Å². The van der Waals surface area contributed by atoms with E-state index in [0.717, 1.165) is 5.16 Å². The average molecular weight is 243 g/mol. The summed E-state index contributed by atoms with van der Waals surface area (Å²) in [6.07, 6.45) is 1.88. The Bertz CT molecular complexity index is 357. The highest BCUT2D eigenvalue weighted by atomic mass is 32.2. The summed E-state index contributed by atoms with van der Waals surface area (Å²) in [6.45, 7) is 5.59. The number of aryl methyl sites for hydroxylation is 1. The van der Waals surface area contributed by atoms with E-state index >= 15 is 0 Å². The fourth-order valence-electron chi connectivity index (χ4n) is 1.03. The molecule has 1 rings (SSSR count). The number of esters is 1. The number of hydrogen-bond donors (Lipinski definition) is 0. The molecule has 0 fully saturated rings. The molecule has 90 valence electrons. The van der Waals surface area contributed by atoms with Gasteiger partial charge in [-0.1, -0.05) is 11.8 Å². The van der Waals surface area contributed by atoms with Gasteiger partial charge in [-0.15, -0.1) is 0 Å². The summed E-state index contributed by atoms with van der Waals surface area (Å²) >= 11 is 1.50. The van der Waals surface area contributed by atoms with E-state index in [0.29, 0.717) is 12.2 Å². The van der Waals surface area contributed by atoms with Crippen molar-refractivity contribution < 1.29 is 9.53 Å². The lowest BCUT2D eigenvalue weighted by Gasteiger charge is -2.19. The summed E-state index contributed by atoms with van der Waals surface area (Å²) in [7, 11) is 1.82. The van der Waals surface area contributed by atoms with Gasteiger partial charge in [0.15, 0.2) is 5.16 Å². The van der Waals surface area contributed by atoms with E-state index in [-0.39, 0.29) is 5.97 Å². The van der Waals surface area contributed by atoms with Crippen molar-refractivity contribution in [3.63, 3.8) is 0 Å². The van der Waals surface area contributed by atoms with Crippen molar-refractivity contribution in [2.24, 2.45) is 7.05 Å². The molecular formula is C10H17N3O2S. The van der Waals surface area contributed by atoms with Crippen LogP contribution in [-0.4, -0.2) is 32.1 Å². The minimum absolute atomic E-state index is 0.179. The fourth-order valence-corrected chi connectivity index (χ4v) is 1.84. The lowest BCUT2D eigenvalue weighted by molar-refractivity contribution is -0.154. The van der Waals surface area contributed by atoms with Gasteiger partial charge >= 0.3 is 5.97 Å². The Balaban J connectivity index is 2.26. The van der Waals surface area contributed by atoms with E-state index in [4.69, 9.17) is 4.74 Å². The maximum atomic E-state index is 11.4. The van der Waals surface area contributed by atoms with Crippen molar-refractivity contribution in [2.45, 2.75) is 37.9 Å². The Labute approximate surface area is 99.6 Å². The highest BCUT2D eigenvalue weighted by Crippen LogP contribution is 2.15. The molecule has 0 aliphatic carbocycles. The first-order valence-corrected chi connectivity index (χ1v) is 6.06. The second-order valence-corrected chi connectivity index (χ2v) is 5.41. The van der Waals surface area contributed by atoms with Crippen molar-refractivity contribution in [2.75, 3.05) is 5.75 Å². The zero-order valence-corrected chi connectivity index (χ0v) is 10.9. The molecule has 16 heavy (non-hydrogen) atoms. The van der Waals surface area contributed by atoms with E-state index < -0.39 is 5.60 Å². The topological polar surface area (TPSA) is 57.0 Å². The lowest BCUT2D eigenvalue weighted by Crippen LogP contribution is -2.24. The molecule has 0 saturated carbocycles. The molecule has 1 aromatic heterocycles. The van der Waals surface area contributed by atoms with E-state index in [2.05, 4.69) is 10.1 Å². The Hall–Kier alpha value is -1.04. The molecule has 6 heteroatoms. The van der Waals surface area contributed by atoms with Crippen LogP contribution in [0.15, 0.2) is 11.5 Å². The van der Waals surface area contributed by atoms with E-state index in [9.17, 15) is 4.79 Å². The molecule has 0 aliphatic heterocycles. The molecule has 0 atom stereocenters. The number of ether oxygens (including phenoxy) is 1. The van der Waals surface area contributed by atoms with Gasteiger partial charge in [0, 0.05) is 12.8 Å². The maximum Gasteiger partial charge on any atom is 0.307 e. The Morgan fingerprint density at radius 2 is 2.25 bits per heavy atom. The van der Waals surface area contributed by atoms with Gasteiger partial charge in [-0.3, -0.25) is 4.79 Å². The number of thioether (sulfide) groups is 1. The summed E-state index contributed by atoms with van der Waals surface area (Å²) in [5.41, 5.74) is -0.410. The molecule has 0 saturated heterocycles. The third-order valence-electron chi connectivity index (χ3n) is 1.63. The highest BCUT2D eigenvalue weighted by molar-refractivity contribution is 7.99. The van der Waals surface area contributed by atoms with Gasteiger partial charge in [0.25, 0.3) is 0 Å². The van der Waals surface area contributed by atoms with Crippen LogP contribution in [0, 0.1) is 0 Å². The van der Waals surface area contributed by atoms with Gasteiger partial charge in [-0.25, -0.2) is 9.67 Å². The second kappa shape index (κ2) is 5.34. The normalized spacial score (nSPS) is 11.5. The van der Waals surface area contributed by atoms with Crippen molar-refractivity contribution >= 4 is 17.7 Å². The SMILES string of the molecule is Cn1ncnc1SCCC(=O)OC(C)(C)C. The van der Waals surface area contributed by atoms with Crippen LogP contribution in [-0.2, 0) is 16.6 Å². The summed E-state index contributed by atoms with van der Waals surface area (Å²) in [5, 5.41) is 4.75. The first-order chi connectivity index (χ1) is 7.38. The van der Waals surface area contributed by atoms with Gasteiger partial charge in [0.2, 0.25) is 0 Å². The number of rotatable bonds is 4. The molecule has 0 aliphatic rings. The molecule has 0 bridgehead atoms. The minimum Gasteiger partial charge on any atom is -0.460 e. The first kappa shape index (κ1) is 13.0. The molecule has 5 nitrogen and oxygen atoms in total. The number of nitrogens with zero attached hydrogens (tertiary/aromatic N) is 3. The summed E-state index contributed by atoms with van der Waals surface area (Å²) in [5.74, 6) is 0.476. The smallest absolute Gasteiger partial charge is 0.307 e. The lowest BCUT2D eigenvalue weighted by atomic mass is 10.2. The largest absolute Gasteiger partial charge is 0.460 e. The maximum absolute atomic E-state index is 11.4. The highest BCUT2D eigenvalue weighted by Gasteiger charge is 2.16. The number of carbonyl (C=O) groups excluding carboxylic acids is 1. The predicted octanol–water partition coefficient (Wildman–Crippen LogP) is 1.64. The van der Waals surface area contributed by atoms with Crippen LogP contribution in [0.25, 0.3) is 0 Å². The summed E-state index contributed by atoms with van der Waals surface area (Å²) < 4.78 is 6.87. The fraction of sp³-hybridized carbons (Fsp3) is 0.700. The van der Waals surface area contributed by atoms with Crippen molar-refractivity contribution in [3.05, 3.63) is 6.33 Å². The summed E-state index contributed by atoms with van der Waals surface area (Å²) in [6, 6.07) is 0. The van der Waals surface area contributed by atoms with Crippen LogP contribution < -0.4 is 0 Å². The van der Waals surface area contributed by atoms with Crippen molar-refractivity contribution in [1.82, 2.24) is 14.8 Å². The Kier molecular flexibility index (Phi) is 4.35. The van der Waals surface area contributed by atoms with Gasteiger partial charge in [0.1, 0.15) is 11.9 Å². The number of carbonyl (C=O) groups is 1. The van der Waals surface area contributed by atoms with Gasteiger partial charge in [0.05, 0.1) is 6.42 Å². The standard InChI is InChI=1S/C10H17N3O2S/c1-10(2,3)15-8(14)5-6-16-9-11-7-12-13(9)4/h7H,5-6H2,1-4H3. The van der Waals surface area contributed by atoms with Crippen LogP contribution in [0.2, 0.25) is 0 Å². The molecule has 0 N–H and O–H groups in total. The molecule has 0 amide bonds. The zero-order valence-electron chi connectivity index (χ0n) is 10.1. The van der Waals surface area contributed by atoms with Crippen molar-refractivity contribution in [1.29, 1.82) is 0 Å². The van der Waals surface area contributed by atoms with Crippen LogP contribution in [0.3, 0.4) is 0 Å². The molecule has 0 radical (unpaired) electrons. The number of aromatic nitrogens is 3. The van der Waals surface area contributed by atoms with Gasteiger partial charge in [-0.2, -0.15) is 5.10 Å². The Morgan fingerprint density at radius 3 is 2.75 bits per heavy atom. The monoisotopic (exact) mass is 243 g/mol. The Morgan fingerprint density at radius 1 is 1.56 bits per heavy atom. The van der Waals surface area contributed by atoms with Crippen LogP contribution in [0.4, 0.5) is 0 Å². The molecule has 0 unspecified atom stereocenters. The van der Waals surface area contributed by atoms with Crippen LogP contribution >= 0.6 is 11.8 Å². The predicted molar refractivity (Wildman–Crippen MR) is 62.2 cm³/mol. The first-order valence-electron chi connectivity index (χ1n) is 5.07. The van der Waals surface area contributed by atoms with Crippen molar-refractivity contribution in [3.8, 4) is 0 Å². The zero-order chi connectivity index (χ0) is 12.2. The molecule has 0 aromatic carbocycles.